The lowest BCUT2D eigenvalue weighted by molar-refractivity contribution is -0.870. The number of carbonyl (C=O) groups excluding carboxylic acids is 2. The van der Waals surface area contributed by atoms with Crippen LogP contribution in [0.15, 0.2) is 109 Å². The fourth-order valence-electron chi connectivity index (χ4n) is 9.01. The SMILES string of the molecule is CC/C=C\C/C=C\C/C=C\C/C=C\C/C=C\C/C=C\C/C=C\C/C=C\C/C=C\CCCCCCCCCCCCCCCC(=O)OC(COC(=O)CCCCCCCCCCCCCCCCC)COC(OCC[N+](C)(C)C)C(=O)O. The molecule has 0 aromatic heterocycles. The van der Waals surface area contributed by atoms with Crippen molar-refractivity contribution in [2.24, 2.45) is 0 Å². The van der Waals surface area contributed by atoms with E-state index < -0.39 is 24.3 Å². The minimum Gasteiger partial charge on any atom is -0.477 e. The zero-order valence-corrected chi connectivity index (χ0v) is 52.9. The number of nitrogens with zero attached hydrogens (tertiary/aromatic N) is 1. The number of rotatable bonds is 60. The number of likely N-dealkylation sites (N-methyl/N-ethyl adjacent to an activating group) is 1. The first-order chi connectivity index (χ1) is 39.6. The molecule has 0 bridgehead atoms. The lowest BCUT2D eigenvalue weighted by atomic mass is 10.0. The Morgan fingerprint density at radius 1 is 0.383 bits per heavy atom. The number of aliphatic carboxylic acids is 1. The molecule has 0 radical (unpaired) electrons. The Hall–Kier alpha value is -4.05. The number of allylic oxidation sites excluding steroid dienone is 18. The number of quaternary nitrogens is 1. The molecule has 0 saturated heterocycles. The molecule has 0 amide bonds. The van der Waals surface area contributed by atoms with Crippen molar-refractivity contribution in [3.63, 3.8) is 0 Å². The molecule has 0 aliphatic rings. The Labute approximate surface area is 498 Å². The topological polar surface area (TPSA) is 108 Å². The van der Waals surface area contributed by atoms with Crippen LogP contribution in [0.25, 0.3) is 0 Å². The molecule has 0 fully saturated rings. The number of unbranched alkanes of at least 4 members (excludes halogenated alkanes) is 27. The monoisotopic (exact) mass is 1130 g/mol. The van der Waals surface area contributed by atoms with Crippen LogP contribution in [0.1, 0.15) is 271 Å². The second kappa shape index (κ2) is 62.0. The lowest BCUT2D eigenvalue weighted by Gasteiger charge is -2.25. The van der Waals surface area contributed by atoms with Gasteiger partial charge in [-0.15, -0.1) is 0 Å². The molecule has 1 N–H and O–H groups in total. The molecule has 9 nitrogen and oxygen atoms in total. The van der Waals surface area contributed by atoms with Crippen LogP contribution in [0.5, 0.6) is 0 Å². The molecular weight excluding hydrogens is 1010 g/mol. The first-order valence-electron chi connectivity index (χ1n) is 33.1. The number of carboxylic acid groups (broad SMARTS) is 1. The molecule has 0 aliphatic carbocycles. The van der Waals surface area contributed by atoms with E-state index in [2.05, 4.69) is 123 Å². The van der Waals surface area contributed by atoms with E-state index in [0.29, 0.717) is 17.4 Å². The molecule has 0 saturated carbocycles. The standard InChI is InChI=1S/C72H123NO8/c1-6-8-10-12-14-16-18-20-22-23-24-25-26-27-28-29-30-31-32-33-34-35-36-37-38-39-40-41-42-43-44-45-46-47-49-51-53-55-57-59-61-63-70(75)81-68(67-80-72(71(76)77)78-65-64-73(3,4)5)66-79-69(74)62-60-58-56-54-52-50-48-21-19-17-15-13-11-9-7-2/h8,10,14,16,20,22,24-25,27-28,30-31,33-34,36-37,39-40,68,72H,6-7,9,11-13,15,17-19,21,23,26,29,32,35,38,41-67H2,1-5H3/p+1/b10-8-,16-14-,22-20-,25-24-,28-27-,31-30-,34-33-,37-36-,40-39-. The van der Waals surface area contributed by atoms with Gasteiger partial charge in [0.1, 0.15) is 13.2 Å². The Balaban J connectivity index is 4.07. The molecule has 0 heterocycles. The van der Waals surface area contributed by atoms with Gasteiger partial charge in [-0.3, -0.25) is 9.59 Å². The summed E-state index contributed by atoms with van der Waals surface area (Å²) in [5.74, 6) is -2.00. The lowest BCUT2D eigenvalue weighted by Crippen LogP contribution is -2.40. The van der Waals surface area contributed by atoms with Crippen molar-refractivity contribution < 1.29 is 42.9 Å². The second-order valence-corrected chi connectivity index (χ2v) is 23.1. The van der Waals surface area contributed by atoms with Gasteiger partial charge in [0.05, 0.1) is 34.4 Å². The largest absolute Gasteiger partial charge is 0.477 e. The van der Waals surface area contributed by atoms with E-state index in [0.717, 1.165) is 103 Å². The molecule has 0 spiro atoms. The molecule has 2 unspecified atom stereocenters. The van der Waals surface area contributed by atoms with E-state index in [-0.39, 0.29) is 32.2 Å². The van der Waals surface area contributed by atoms with Gasteiger partial charge in [-0.2, -0.15) is 0 Å². The van der Waals surface area contributed by atoms with Crippen LogP contribution in [-0.2, 0) is 33.3 Å². The Bertz CT molecular complexity index is 1700. The summed E-state index contributed by atoms with van der Waals surface area (Å²) < 4.78 is 22.9. The highest BCUT2D eigenvalue weighted by atomic mass is 16.7. The number of carboxylic acids is 1. The highest BCUT2D eigenvalue weighted by molar-refractivity contribution is 5.71. The zero-order chi connectivity index (χ0) is 59.1. The van der Waals surface area contributed by atoms with Gasteiger partial charge in [-0.1, -0.05) is 284 Å². The molecule has 0 aromatic rings. The second-order valence-electron chi connectivity index (χ2n) is 23.1. The number of esters is 2. The maximum absolute atomic E-state index is 12.9. The van der Waals surface area contributed by atoms with Crippen LogP contribution in [0, 0.1) is 0 Å². The van der Waals surface area contributed by atoms with Crippen molar-refractivity contribution in [3.8, 4) is 0 Å². The molecule has 2 atom stereocenters. The summed E-state index contributed by atoms with van der Waals surface area (Å²) in [6.07, 6.45) is 83.3. The van der Waals surface area contributed by atoms with E-state index in [9.17, 15) is 19.5 Å². The van der Waals surface area contributed by atoms with Crippen molar-refractivity contribution in [3.05, 3.63) is 109 Å². The minimum absolute atomic E-state index is 0.183. The van der Waals surface area contributed by atoms with E-state index >= 15 is 0 Å². The first kappa shape index (κ1) is 77.0. The van der Waals surface area contributed by atoms with Gasteiger partial charge >= 0.3 is 17.9 Å². The maximum Gasteiger partial charge on any atom is 0.361 e. The predicted octanol–water partition coefficient (Wildman–Crippen LogP) is 20.2. The van der Waals surface area contributed by atoms with Gasteiger partial charge in [0.15, 0.2) is 6.10 Å². The predicted molar refractivity (Wildman–Crippen MR) is 345 cm³/mol. The molecule has 9 heteroatoms. The van der Waals surface area contributed by atoms with Crippen LogP contribution in [0.3, 0.4) is 0 Å². The van der Waals surface area contributed by atoms with Gasteiger partial charge in [-0.05, 0) is 83.5 Å². The van der Waals surface area contributed by atoms with Crippen LogP contribution in [0.4, 0.5) is 0 Å². The van der Waals surface area contributed by atoms with E-state index in [1.54, 1.807) is 0 Å². The van der Waals surface area contributed by atoms with Gasteiger partial charge < -0.3 is 28.5 Å². The van der Waals surface area contributed by atoms with Gasteiger partial charge in [0.25, 0.3) is 6.29 Å². The average molecular weight is 1130 g/mol. The molecule has 81 heavy (non-hydrogen) atoms. The van der Waals surface area contributed by atoms with Crippen LogP contribution in [0.2, 0.25) is 0 Å². The van der Waals surface area contributed by atoms with E-state index in [4.69, 9.17) is 18.9 Å². The highest BCUT2D eigenvalue weighted by Crippen LogP contribution is 2.17. The molecule has 0 rings (SSSR count). The minimum atomic E-state index is -1.51. The third kappa shape index (κ3) is 63.4. The van der Waals surface area contributed by atoms with Crippen LogP contribution >= 0.6 is 0 Å². The quantitative estimate of drug-likeness (QED) is 0.0211. The van der Waals surface area contributed by atoms with E-state index in [1.165, 1.54) is 141 Å². The summed E-state index contributed by atoms with van der Waals surface area (Å²) in [5, 5.41) is 9.71. The van der Waals surface area contributed by atoms with Gasteiger partial charge in [-0.25, -0.2) is 4.79 Å². The number of carbonyl (C=O) groups is 3. The first-order valence-corrected chi connectivity index (χ1v) is 33.1. The normalized spacial score (nSPS) is 13.4. The van der Waals surface area contributed by atoms with Crippen LogP contribution < -0.4 is 0 Å². The van der Waals surface area contributed by atoms with Crippen molar-refractivity contribution in [2.75, 3.05) is 47.5 Å². The summed E-state index contributed by atoms with van der Waals surface area (Å²) in [6, 6.07) is 0. The molecule has 464 valence electrons. The summed E-state index contributed by atoms with van der Waals surface area (Å²) >= 11 is 0. The van der Waals surface area contributed by atoms with Crippen molar-refractivity contribution in [1.82, 2.24) is 0 Å². The Morgan fingerprint density at radius 2 is 0.704 bits per heavy atom. The van der Waals surface area contributed by atoms with Crippen molar-refractivity contribution in [1.29, 1.82) is 0 Å². The third-order valence-corrected chi connectivity index (χ3v) is 14.0. The number of hydrogen-bond donors (Lipinski definition) is 1. The molecule has 0 aliphatic heterocycles. The Morgan fingerprint density at radius 3 is 1.05 bits per heavy atom. The van der Waals surface area contributed by atoms with Crippen molar-refractivity contribution >= 4 is 17.9 Å². The number of ether oxygens (including phenoxy) is 4. The smallest absolute Gasteiger partial charge is 0.361 e. The fourth-order valence-corrected chi connectivity index (χ4v) is 9.01. The molecule has 0 aromatic carbocycles. The average Bonchev–Trinajstić information content (AvgIpc) is 3.44. The van der Waals surface area contributed by atoms with Gasteiger partial charge in [0, 0.05) is 12.8 Å². The molecular formula is C72H124NO8+. The van der Waals surface area contributed by atoms with E-state index in [1.807, 2.05) is 21.1 Å². The third-order valence-electron chi connectivity index (χ3n) is 14.0. The summed E-state index contributed by atoms with van der Waals surface area (Å²) in [7, 11) is 5.97. The van der Waals surface area contributed by atoms with Crippen molar-refractivity contribution in [2.45, 2.75) is 283 Å². The maximum atomic E-state index is 12.9. The van der Waals surface area contributed by atoms with Gasteiger partial charge in [0.2, 0.25) is 0 Å². The zero-order valence-electron chi connectivity index (χ0n) is 52.9. The summed E-state index contributed by atoms with van der Waals surface area (Å²) in [4.78, 5) is 37.5. The fraction of sp³-hybridized carbons (Fsp3) is 0.708. The summed E-state index contributed by atoms with van der Waals surface area (Å²) in [6.45, 7) is 4.78. The van der Waals surface area contributed by atoms with Crippen LogP contribution in [-0.4, -0.2) is 87.4 Å². The number of hydrogen-bond acceptors (Lipinski definition) is 7. The highest BCUT2D eigenvalue weighted by Gasteiger charge is 2.25. The summed E-state index contributed by atoms with van der Waals surface area (Å²) in [5.41, 5.74) is 0. The Kier molecular flexibility index (Phi) is 58.9.